The zero-order valence-corrected chi connectivity index (χ0v) is 20.1. The van der Waals surface area contributed by atoms with Crippen LogP contribution < -0.4 is 15.5 Å². The van der Waals surface area contributed by atoms with E-state index in [2.05, 4.69) is 45.7 Å². The third kappa shape index (κ3) is 5.88. The van der Waals surface area contributed by atoms with Crippen molar-refractivity contribution < 1.29 is 14.3 Å². The Labute approximate surface area is 199 Å². The highest BCUT2D eigenvalue weighted by atomic mass is 32.2. The van der Waals surface area contributed by atoms with E-state index in [0.717, 1.165) is 37.4 Å². The van der Waals surface area contributed by atoms with Gasteiger partial charge in [0.05, 0.1) is 19.3 Å². The van der Waals surface area contributed by atoms with Crippen molar-refractivity contribution in [1.82, 2.24) is 10.2 Å². The second-order valence-electron chi connectivity index (χ2n) is 8.47. The molecule has 8 heteroatoms. The maximum absolute atomic E-state index is 12.6. The first-order valence-electron chi connectivity index (χ1n) is 11.4. The molecule has 1 unspecified atom stereocenters. The van der Waals surface area contributed by atoms with E-state index in [0.29, 0.717) is 25.4 Å². The molecule has 1 saturated heterocycles. The van der Waals surface area contributed by atoms with Crippen LogP contribution in [0.1, 0.15) is 23.6 Å². The molecule has 2 heterocycles. The Morgan fingerprint density at radius 2 is 1.91 bits per heavy atom. The molecule has 0 radical (unpaired) electrons. The first kappa shape index (κ1) is 23.6. The summed E-state index contributed by atoms with van der Waals surface area (Å²) in [6.07, 6.45) is 4.18. The first-order chi connectivity index (χ1) is 16.0. The van der Waals surface area contributed by atoms with Gasteiger partial charge in [-0.3, -0.25) is 14.5 Å². The maximum atomic E-state index is 12.6. The molecule has 0 aliphatic carbocycles. The largest absolute Gasteiger partial charge is 0.379 e. The Hall–Kier alpha value is -2.55. The number of benzene rings is 2. The molecular weight excluding hydrogens is 436 g/mol. The number of hydrogen-bond acceptors (Lipinski definition) is 6. The lowest BCUT2D eigenvalue weighted by atomic mass is 9.95. The van der Waals surface area contributed by atoms with Crippen LogP contribution in [-0.4, -0.2) is 69.4 Å². The number of morpholine rings is 1. The molecule has 2 N–H and O–H groups in total. The van der Waals surface area contributed by atoms with Gasteiger partial charge in [-0.05, 0) is 54.5 Å². The predicted octanol–water partition coefficient (Wildman–Crippen LogP) is 2.92. The lowest BCUT2D eigenvalue weighted by Gasteiger charge is -2.36. The molecule has 7 nitrogen and oxygen atoms in total. The fraction of sp³-hybridized carbons (Fsp3) is 0.440. The zero-order chi connectivity index (χ0) is 23.2. The van der Waals surface area contributed by atoms with E-state index in [1.54, 1.807) is 17.8 Å². The molecule has 2 aromatic carbocycles. The van der Waals surface area contributed by atoms with Gasteiger partial charge in [0.15, 0.2) is 0 Å². The molecule has 0 bridgehead atoms. The molecule has 33 heavy (non-hydrogen) atoms. The summed E-state index contributed by atoms with van der Waals surface area (Å²) in [5.74, 6) is -1.28. The van der Waals surface area contributed by atoms with E-state index in [4.69, 9.17) is 4.74 Å². The molecule has 0 spiro atoms. The molecule has 2 aromatic rings. The summed E-state index contributed by atoms with van der Waals surface area (Å²) in [7, 11) is 2.13. The van der Waals surface area contributed by atoms with Gasteiger partial charge in [-0.25, -0.2) is 0 Å². The van der Waals surface area contributed by atoms with Gasteiger partial charge in [-0.2, -0.15) is 0 Å². The molecule has 0 aromatic heterocycles. The van der Waals surface area contributed by atoms with Gasteiger partial charge < -0.3 is 20.3 Å². The van der Waals surface area contributed by atoms with E-state index in [9.17, 15) is 9.59 Å². The molecule has 2 amide bonds. The van der Waals surface area contributed by atoms with Crippen molar-refractivity contribution in [3.05, 3.63) is 53.6 Å². The van der Waals surface area contributed by atoms with Crippen molar-refractivity contribution in [2.45, 2.75) is 23.8 Å². The monoisotopic (exact) mass is 468 g/mol. The number of aryl methyl sites for hydroxylation is 1. The van der Waals surface area contributed by atoms with Crippen LogP contribution >= 0.6 is 11.8 Å². The molecular formula is C25H32N4O3S. The minimum Gasteiger partial charge on any atom is -0.379 e. The smallest absolute Gasteiger partial charge is 0.313 e. The second kappa shape index (κ2) is 11.0. The van der Waals surface area contributed by atoms with Gasteiger partial charge in [-0.15, -0.1) is 11.8 Å². The topological polar surface area (TPSA) is 73.9 Å². The van der Waals surface area contributed by atoms with E-state index in [-0.39, 0.29) is 6.04 Å². The van der Waals surface area contributed by atoms with E-state index >= 15 is 0 Å². The highest BCUT2D eigenvalue weighted by Gasteiger charge is 2.26. The number of carbonyl (C=O) groups excluding carboxylic acids is 2. The maximum Gasteiger partial charge on any atom is 0.313 e. The van der Waals surface area contributed by atoms with Gasteiger partial charge in [0.25, 0.3) is 0 Å². The highest BCUT2D eigenvalue weighted by molar-refractivity contribution is 7.98. The molecule has 1 atom stereocenters. The number of hydrogen-bond donors (Lipinski definition) is 2. The van der Waals surface area contributed by atoms with Gasteiger partial charge in [0.2, 0.25) is 0 Å². The first-order valence-corrected chi connectivity index (χ1v) is 12.7. The van der Waals surface area contributed by atoms with Gasteiger partial charge in [0, 0.05) is 49.5 Å². The van der Waals surface area contributed by atoms with Crippen molar-refractivity contribution >= 4 is 35.0 Å². The number of nitrogens with zero attached hydrogens (tertiary/aromatic N) is 2. The number of rotatable bonds is 6. The Balaban J connectivity index is 1.45. The van der Waals surface area contributed by atoms with Crippen molar-refractivity contribution in [2.75, 3.05) is 62.9 Å². The summed E-state index contributed by atoms with van der Waals surface area (Å²) in [5.41, 5.74) is 4.41. The van der Waals surface area contributed by atoms with Crippen molar-refractivity contribution in [3.8, 4) is 0 Å². The van der Waals surface area contributed by atoms with Gasteiger partial charge in [-0.1, -0.05) is 18.2 Å². The van der Waals surface area contributed by atoms with Crippen molar-refractivity contribution in [2.24, 2.45) is 0 Å². The molecule has 0 saturated carbocycles. The zero-order valence-electron chi connectivity index (χ0n) is 19.3. The average Bonchev–Trinajstić information content (AvgIpc) is 2.85. The molecule has 2 aliphatic heterocycles. The predicted molar refractivity (Wildman–Crippen MR) is 133 cm³/mol. The normalized spacial score (nSPS) is 17.2. The minimum atomic E-state index is -0.652. The molecule has 1 fully saturated rings. The van der Waals surface area contributed by atoms with E-state index < -0.39 is 11.8 Å². The number of amides is 2. The van der Waals surface area contributed by atoms with Gasteiger partial charge >= 0.3 is 11.8 Å². The van der Waals surface area contributed by atoms with Crippen LogP contribution in [-0.2, 0) is 20.7 Å². The molecule has 2 aliphatic rings. The molecule has 4 rings (SSSR count). The fourth-order valence-electron chi connectivity index (χ4n) is 4.52. The van der Waals surface area contributed by atoms with Crippen LogP contribution in [0.5, 0.6) is 0 Å². The van der Waals surface area contributed by atoms with Crippen LogP contribution in [0.15, 0.2) is 47.4 Å². The quantitative estimate of drug-likeness (QED) is 0.502. The third-order valence-electron chi connectivity index (χ3n) is 6.32. The summed E-state index contributed by atoms with van der Waals surface area (Å²) in [6.45, 7) is 4.38. The third-order valence-corrected chi connectivity index (χ3v) is 7.04. The van der Waals surface area contributed by atoms with Crippen LogP contribution in [0.3, 0.4) is 0 Å². The lowest BCUT2D eigenvalue weighted by Crippen LogP contribution is -2.45. The summed E-state index contributed by atoms with van der Waals surface area (Å²) in [5, 5.41) is 5.57. The van der Waals surface area contributed by atoms with Crippen LogP contribution in [0.25, 0.3) is 0 Å². The van der Waals surface area contributed by atoms with Gasteiger partial charge in [0.1, 0.15) is 0 Å². The summed E-state index contributed by atoms with van der Waals surface area (Å²) < 4.78 is 5.54. The fourth-order valence-corrected chi connectivity index (χ4v) is 4.98. The lowest BCUT2D eigenvalue weighted by molar-refractivity contribution is -0.136. The average molecular weight is 469 g/mol. The standard InChI is InChI=1S/C25H32N4O3S/c1-28-10-4-5-18-15-19(8-9-22(18)28)23(29-11-13-32-14-12-29)17-26-24(30)25(31)27-20-6-3-7-21(16-20)33-2/h3,6-9,15-16,23H,4-5,10-14,17H2,1-2H3,(H,26,30)(H,27,31). The number of carbonyl (C=O) groups is 2. The minimum absolute atomic E-state index is 0.0111. The number of fused-ring (bicyclic) bond motifs is 1. The SMILES string of the molecule is CSc1cccc(NC(=O)C(=O)NCC(c2ccc3c(c2)CCCN3C)N2CCOCC2)c1. The number of anilines is 2. The van der Waals surface area contributed by atoms with Crippen molar-refractivity contribution in [1.29, 1.82) is 0 Å². The van der Waals surface area contributed by atoms with Crippen LogP contribution in [0.2, 0.25) is 0 Å². The molecule has 176 valence electrons. The van der Waals surface area contributed by atoms with E-state index in [1.807, 2.05) is 24.5 Å². The van der Waals surface area contributed by atoms with Crippen molar-refractivity contribution in [3.63, 3.8) is 0 Å². The Morgan fingerprint density at radius 1 is 1.09 bits per heavy atom. The van der Waals surface area contributed by atoms with E-state index in [1.165, 1.54) is 16.8 Å². The Bertz CT molecular complexity index is 993. The number of thioether (sulfide) groups is 1. The van der Waals surface area contributed by atoms with Crippen LogP contribution in [0, 0.1) is 0 Å². The highest BCUT2D eigenvalue weighted by Crippen LogP contribution is 2.31. The summed E-state index contributed by atoms with van der Waals surface area (Å²) >= 11 is 1.59. The second-order valence-corrected chi connectivity index (χ2v) is 9.35. The Kier molecular flexibility index (Phi) is 7.90. The number of ether oxygens (including phenoxy) is 1. The van der Waals surface area contributed by atoms with Crippen LogP contribution in [0.4, 0.5) is 11.4 Å². The summed E-state index contributed by atoms with van der Waals surface area (Å²) in [4.78, 5) is 30.8. The number of nitrogens with one attached hydrogen (secondary N) is 2. The Morgan fingerprint density at radius 3 is 2.70 bits per heavy atom. The summed E-state index contributed by atoms with van der Waals surface area (Å²) in [6, 6.07) is 14.1.